The van der Waals surface area contributed by atoms with E-state index >= 15 is 0 Å². The summed E-state index contributed by atoms with van der Waals surface area (Å²) in [6, 6.07) is 0.332. The molecule has 2 aliphatic carbocycles. The maximum atomic E-state index is 12.3. The van der Waals surface area contributed by atoms with Crippen molar-refractivity contribution in [1.82, 2.24) is 10.2 Å². The molecule has 0 spiro atoms. The summed E-state index contributed by atoms with van der Waals surface area (Å²) in [7, 11) is 1.87. The summed E-state index contributed by atoms with van der Waals surface area (Å²) >= 11 is 0. The van der Waals surface area contributed by atoms with E-state index in [1.165, 1.54) is 25.7 Å². The van der Waals surface area contributed by atoms with Crippen molar-refractivity contribution in [3.63, 3.8) is 0 Å². The van der Waals surface area contributed by atoms with Crippen LogP contribution >= 0.6 is 0 Å². The fourth-order valence-corrected chi connectivity index (χ4v) is 3.42. The molecule has 2 rings (SSSR count). The normalized spacial score (nSPS) is 27.9. The van der Waals surface area contributed by atoms with Gasteiger partial charge in [0.1, 0.15) is 0 Å². The first-order chi connectivity index (χ1) is 9.58. The first-order valence-electron chi connectivity index (χ1n) is 7.84. The summed E-state index contributed by atoms with van der Waals surface area (Å²) in [5, 5.41) is 12.0. The third-order valence-corrected chi connectivity index (χ3v) is 4.80. The lowest BCUT2D eigenvalue weighted by atomic mass is 10.1. The van der Waals surface area contributed by atoms with E-state index in [0.717, 1.165) is 19.3 Å². The fourth-order valence-electron chi connectivity index (χ4n) is 3.42. The maximum Gasteiger partial charge on any atom is 0.317 e. The van der Waals surface area contributed by atoms with Crippen molar-refractivity contribution in [3.05, 3.63) is 0 Å². The zero-order valence-corrected chi connectivity index (χ0v) is 12.3. The van der Waals surface area contributed by atoms with Gasteiger partial charge in [0.05, 0.1) is 5.92 Å². The minimum absolute atomic E-state index is 0.0248. The van der Waals surface area contributed by atoms with Gasteiger partial charge in [-0.05, 0) is 32.1 Å². The number of carbonyl (C=O) groups is 2. The molecule has 0 aliphatic heterocycles. The van der Waals surface area contributed by atoms with Crippen molar-refractivity contribution < 1.29 is 14.7 Å². The number of aliphatic carboxylic acids is 1. The molecule has 2 amide bonds. The molecule has 0 radical (unpaired) electrons. The molecule has 2 atom stereocenters. The summed E-state index contributed by atoms with van der Waals surface area (Å²) in [6.07, 6.45) is 9.15. The molecule has 0 aromatic heterocycles. The molecule has 20 heavy (non-hydrogen) atoms. The van der Waals surface area contributed by atoms with Crippen LogP contribution in [0.3, 0.4) is 0 Å². The van der Waals surface area contributed by atoms with Gasteiger partial charge in [-0.2, -0.15) is 0 Å². The molecule has 0 aromatic carbocycles. The lowest BCUT2D eigenvalue weighted by Crippen LogP contribution is -2.46. The standard InChI is InChI=1S/C15H26N2O3/c1-17(13-6-4-2-3-5-7-13)15(20)16-12-9-8-11(10-12)14(18)19/h11-13H,2-10H2,1H3,(H,16,20)(H,18,19)/t11-,12+/m1/s1. The number of carboxylic acid groups (broad SMARTS) is 1. The van der Waals surface area contributed by atoms with Gasteiger partial charge in [-0.25, -0.2) is 4.79 Å². The van der Waals surface area contributed by atoms with Gasteiger partial charge in [0.25, 0.3) is 0 Å². The van der Waals surface area contributed by atoms with Crippen LogP contribution in [0.15, 0.2) is 0 Å². The number of nitrogens with one attached hydrogen (secondary N) is 1. The van der Waals surface area contributed by atoms with Crippen LogP contribution in [0.25, 0.3) is 0 Å². The Balaban J connectivity index is 1.80. The van der Waals surface area contributed by atoms with Crippen LogP contribution in [-0.2, 0) is 4.79 Å². The fraction of sp³-hybridized carbons (Fsp3) is 0.867. The Morgan fingerprint density at radius 1 is 1.05 bits per heavy atom. The lowest BCUT2D eigenvalue weighted by molar-refractivity contribution is -0.141. The minimum atomic E-state index is -0.737. The van der Waals surface area contributed by atoms with E-state index in [1.54, 1.807) is 0 Å². The number of amides is 2. The molecule has 2 saturated carbocycles. The highest BCUT2D eigenvalue weighted by Crippen LogP contribution is 2.26. The Bertz CT molecular complexity index is 351. The van der Waals surface area contributed by atoms with E-state index in [2.05, 4.69) is 5.32 Å². The van der Waals surface area contributed by atoms with Crippen molar-refractivity contribution in [2.24, 2.45) is 5.92 Å². The predicted octanol–water partition coefficient (Wildman–Crippen LogP) is 2.60. The van der Waals surface area contributed by atoms with Crippen molar-refractivity contribution in [2.75, 3.05) is 7.05 Å². The smallest absolute Gasteiger partial charge is 0.317 e. The van der Waals surface area contributed by atoms with Gasteiger partial charge >= 0.3 is 12.0 Å². The number of hydrogen-bond donors (Lipinski definition) is 2. The van der Waals surface area contributed by atoms with E-state index in [1.807, 2.05) is 11.9 Å². The highest BCUT2D eigenvalue weighted by atomic mass is 16.4. The number of carbonyl (C=O) groups excluding carboxylic acids is 1. The molecular weight excluding hydrogens is 256 g/mol. The third-order valence-electron chi connectivity index (χ3n) is 4.80. The van der Waals surface area contributed by atoms with Crippen LogP contribution in [0.1, 0.15) is 57.8 Å². The quantitative estimate of drug-likeness (QED) is 0.782. The Labute approximate surface area is 120 Å². The number of nitrogens with zero attached hydrogens (tertiary/aromatic N) is 1. The summed E-state index contributed by atoms with van der Waals surface area (Å²) in [4.78, 5) is 25.0. The third kappa shape index (κ3) is 3.87. The van der Waals surface area contributed by atoms with Gasteiger partial charge in [-0.15, -0.1) is 0 Å². The van der Waals surface area contributed by atoms with Gasteiger partial charge < -0.3 is 15.3 Å². The molecule has 0 aromatic rings. The average molecular weight is 282 g/mol. The molecule has 0 unspecified atom stereocenters. The summed E-state index contributed by atoms with van der Waals surface area (Å²) in [6.45, 7) is 0. The Morgan fingerprint density at radius 3 is 2.25 bits per heavy atom. The molecule has 2 aliphatic rings. The highest BCUT2D eigenvalue weighted by molar-refractivity contribution is 5.75. The van der Waals surface area contributed by atoms with Gasteiger partial charge in [-0.1, -0.05) is 25.7 Å². The molecule has 2 fully saturated rings. The maximum absolute atomic E-state index is 12.3. The minimum Gasteiger partial charge on any atom is -0.481 e. The molecule has 0 saturated heterocycles. The summed E-state index contributed by atoms with van der Waals surface area (Å²) in [5.74, 6) is -1.03. The lowest BCUT2D eigenvalue weighted by Gasteiger charge is -2.28. The van der Waals surface area contributed by atoms with Gasteiger partial charge in [-0.3, -0.25) is 4.79 Å². The van der Waals surface area contributed by atoms with Crippen molar-refractivity contribution in [3.8, 4) is 0 Å². The molecule has 5 nitrogen and oxygen atoms in total. The van der Waals surface area contributed by atoms with E-state index in [0.29, 0.717) is 18.9 Å². The van der Waals surface area contributed by atoms with Crippen LogP contribution in [0.5, 0.6) is 0 Å². The Kier molecular flexibility index (Phi) is 5.26. The topological polar surface area (TPSA) is 69.6 Å². The average Bonchev–Trinajstić information content (AvgIpc) is 2.72. The van der Waals surface area contributed by atoms with Crippen LogP contribution in [-0.4, -0.2) is 41.1 Å². The second-order valence-electron chi connectivity index (χ2n) is 6.25. The van der Waals surface area contributed by atoms with Gasteiger partial charge in [0.15, 0.2) is 0 Å². The van der Waals surface area contributed by atoms with Crippen LogP contribution in [0.4, 0.5) is 4.79 Å². The molecule has 0 bridgehead atoms. The molecular formula is C15H26N2O3. The first kappa shape index (κ1) is 15.1. The van der Waals surface area contributed by atoms with Crippen molar-refractivity contribution in [1.29, 1.82) is 0 Å². The predicted molar refractivity (Wildman–Crippen MR) is 76.5 cm³/mol. The number of hydrogen-bond acceptors (Lipinski definition) is 2. The Morgan fingerprint density at radius 2 is 1.70 bits per heavy atom. The molecule has 0 heterocycles. The van der Waals surface area contributed by atoms with Crippen molar-refractivity contribution >= 4 is 12.0 Å². The highest BCUT2D eigenvalue weighted by Gasteiger charge is 2.31. The summed E-state index contributed by atoms with van der Waals surface area (Å²) < 4.78 is 0. The number of urea groups is 1. The van der Waals surface area contributed by atoms with E-state index < -0.39 is 5.97 Å². The van der Waals surface area contributed by atoms with Crippen molar-refractivity contribution in [2.45, 2.75) is 69.9 Å². The van der Waals surface area contributed by atoms with Gasteiger partial charge in [0, 0.05) is 19.1 Å². The second kappa shape index (κ2) is 6.95. The number of rotatable bonds is 3. The zero-order chi connectivity index (χ0) is 14.5. The molecule has 2 N–H and O–H groups in total. The molecule has 5 heteroatoms. The zero-order valence-electron chi connectivity index (χ0n) is 12.3. The van der Waals surface area contributed by atoms with E-state index in [4.69, 9.17) is 5.11 Å². The second-order valence-corrected chi connectivity index (χ2v) is 6.25. The SMILES string of the molecule is CN(C(=O)N[C@H]1CC[C@@H](C(=O)O)C1)C1CCCCCC1. The van der Waals surface area contributed by atoms with E-state index in [-0.39, 0.29) is 18.0 Å². The molecule has 114 valence electrons. The van der Waals surface area contributed by atoms with Gasteiger partial charge in [0.2, 0.25) is 0 Å². The summed E-state index contributed by atoms with van der Waals surface area (Å²) in [5.41, 5.74) is 0. The first-order valence-corrected chi connectivity index (χ1v) is 7.84. The van der Waals surface area contributed by atoms with Crippen LogP contribution < -0.4 is 5.32 Å². The monoisotopic (exact) mass is 282 g/mol. The van der Waals surface area contributed by atoms with Crippen LogP contribution in [0.2, 0.25) is 0 Å². The number of carboxylic acids is 1. The van der Waals surface area contributed by atoms with Crippen LogP contribution in [0, 0.1) is 5.92 Å². The largest absolute Gasteiger partial charge is 0.481 e. The van der Waals surface area contributed by atoms with E-state index in [9.17, 15) is 9.59 Å². The Hall–Kier alpha value is -1.26.